The lowest BCUT2D eigenvalue weighted by atomic mass is 9.78. The summed E-state index contributed by atoms with van der Waals surface area (Å²) >= 11 is 0. The van der Waals surface area contributed by atoms with Crippen LogP contribution < -0.4 is 0 Å². The lowest BCUT2D eigenvalue weighted by Gasteiger charge is -2.39. The van der Waals surface area contributed by atoms with Crippen LogP contribution >= 0.6 is 0 Å². The van der Waals surface area contributed by atoms with Gasteiger partial charge in [0, 0.05) is 18.5 Å². The Balaban J connectivity index is 1.99. The highest BCUT2D eigenvalue weighted by Crippen LogP contribution is 2.40. The first-order chi connectivity index (χ1) is 9.21. The van der Waals surface area contributed by atoms with Crippen LogP contribution in [0.1, 0.15) is 40.0 Å². The minimum atomic E-state index is -0.920. The van der Waals surface area contributed by atoms with Gasteiger partial charge in [0.15, 0.2) is 6.10 Å². The fourth-order valence-corrected chi connectivity index (χ4v) is 2.92. The van der Waals surface area contributed by atoms with Crippen LogP contribution in [0.15, 0.2) is 0 Å². The van der Waals surface area contributed by atoms with Gasteiger partial charge in [-0.2, -0.15) is 0 Å². The largest absolute Gasteiger partial charge is 0.479 e. The maximum absolute atomic E-state index is 12.1. The molecule has 1 spiro atoms. The molecule has 0 bridgehead atoms. The molecule has 0 aromatic carbocycles. The van der Waals surface area contributed by atoms with Crippen molar-refractivity contribution in [3.8, 4) is 0 Å². The second-order valence-electron chi connectivity index (χ2n) is 6.85. The molecule has 2 saturated heterocycles. The summed E-state index contributed by atoms with van der Waals surface area (Å²) in [6.45, 7) is 7.10. The first-order valence-electron chi connectivity index (χ1n) is 7.03. The second kappa shape index (κ2) is 5.24. The molecule has 0 unspecified atom stereocenters. The number of piperidine rings is 1. The SMILES string of the molecule is CC(C)(C)OC(=O)N1CCC[C@@]2(CO[C@H](C(=O)O)C2)C1. The van der Waals surface area contributed by atoms with Crippen molar-refractivity contribution in [1.82, 2.24) is 4.90 Å². The molecule has 0 aromatic rings. The third-order valence-corrected chi connectivity index (χ3v) is 3.80. The average Bonchev–Trinajstić information content (AvgIpc) is 2.71. The van der Waals surface area contributed by atoms with Gasteiger partial charge in [-0.1, -0.05) is 0 Å². The predicted molar refractivity (Wildman–Crippen MR) is 71.5 cm³/mol. The molecule has 1 N–H and O–H groups in total. The van der Waals surface area contributed by atoms with Crippen molar-refractivity contribution in [2.24, 2.45) is 5.41 Å². The zero-order chi connectivity index (χ0) is 15.0. The number of aliphatic carboxylic acids is 1. The van der Waals surface area contributed by atoms with Gasteiger partial charge >= 0.3 is 12.1 Å². The van der Waals surface area contributed by atoms with E-state index in [1.54, 1.807) is 4.90 Å². The van der Waals surface area contributed by atoms with E-state index in [0.717, 1.165) is 12.8 Å². The molecule has 0 aliphatic carbocycles. The van der Waals surface area contributed by atoms with E-state index in [4.69, 9.17) is 14.6 Å². The number of carbonyl (C=O) groups is 2. The van der Waals surface area contributed by atoms with Crippen LogP contribution in [-0.2, 0) is 14.3 Å². The zero-order valence-electron chi connectivity index (χ0n) is 12.3. The Kier molecular flexibility index (Phi) is 3.95. The highest BCUT2D eigenvalue weighted by Gasteiger charge is 2.46. The summed E-state index contributed by atoms with van der Waals surface area (Å²) in [7, 11) is 0. The molecule has 2 heterocycles. The minimum Gasteiger partial charge on any atom is -0.479 e. The van der Waals surface area contributed by atoms with Crippen molar-refractivity contribution in [2.75, 3.05) is 19.7 Å². The Bertz CT molecular complexity index is 403. The van der Waals surface area contributed by atoms with Gasteiger partial charge in [-0.15, -0.1) is 0 Å². The minimum absolute atomic E-state index is 0.224. The molecule has 2 aliphatic rings. The molecule has 114 valence electrons. The standard InChI is InChI=1S/C14H23NO5/c1-13(2,3)20-12(18)15-6-4-5-14(8-15)7-10(11(16)17)19-9-14/h10H,4-9H2,1-3H3,(H,16,17)/t10-,14-/m0/s1. The van der Waals surface area contributed by atoms with E-state index in [1.165, 1.54) is 0 Å². The molecule has 2 rings (SSSR count). The predicted octanol–water partition coefficient (Wildman–Crippen LogP) is 1.88. The topological polar surface area (TPSA) is 76.1 Å². The number of likely N-dealkylation sites (tertiary alicyclic amines) is 1. The van der Waals surface area contributed by atoms with Crippen LogP contribution in [-0.4, -0.2) is 53.5 Å². The normalized spacial score (nSPS) is 30.6. The van der Waals surface area contributed by atoms with Crippen molar-refractivity contribution >= 4 is 12.1 Å². The van der Waals surface area contributed by atoms with Crippen LogP contribution in [0.5, 0.6) is 0 Å². The molecule has 0 saturated carbocycles. The summed E-state index contributed by atoms with van der Waals surface area (Å²) in [5.74, 6) is -0.920. The van der Waals surface area contributed by atoms with Crippen LogP contribution in [0.4, 0.5) is 4.79 Å². The summed E-state index contributed by atoms with van der Waals surface area (Å²) in [6.07, 6.45) is 1.16. The van der Waals surface area contributed by atoms with E-state index < -0.39 is 17.7 Å². The summed E-state index contributed by atoms with van der Waals surface area (Å²) in [5.41, 5.74) is -0.740. The molecule has 1 amide bonds. The highest BCUT2D eigenvalue weighted by atomic mass is 16.6. The van der Waals surface area contributed by atoms with Gasteiger partial charge < -0.3 is 19.5 Å². The van der Waals surface area contributed by atoms with E-state index in [0.29, 0.717) is 26.1 Å². The Morgan fingerprint density at radius 1 is 1.40 bits per heavy atom. The van der Waals surface area contributed by atoms with E-state index in [-0.39, 0.29) is 11.5 Å². The summed E-state index contributed by atoms with van der Waals surface area (Å²) < 4.78 is 10.7. The highest BCUT2D eigenvalue weighted by molar-refractivity contribution is 5.73. The number of carbonyl (C=O) groups excluding carboxylic acids is 1. The number of ether oxygens (including phenoxy) is 2. The number of carboxylic acid groups (broad SMARTS) is 1. The third-order valence-electron chi connectivity index (χ3n) is 3.80. The van der Waals surface area contributed by atoms with Crippen molar-refractivity contribution < 1.29 is 24.2 Å². The number of rotatable bonds is 1. The van der Waals surface area contributed by atoms with Crippen LogP contribution in [0.3, 0.4) is 0 Å². The molecule has 2 atom stereocenters. The van der Waals surface area contributed by atoms with Crippen molar-refractivity contribution in [3.05, 3.63) is 0 Å². The van der Waals surface area contributed by atoms with Gasteiger partial charge in [0.05, 0.1) is 6.61 Å². The van der Waals surface area contributed by atoms with E-state index in [9.17, 15) is 9.59 Å². The van der Waals surface area contributed by atoms with Gasteiger partial charge in [-0.3, -0.25) is 0 Å². The Morgan fingerprint density at radius 3 is 2.65 bits per heavy atom. The zero-order valence-corrected chi connectivity index (χ0v) is 12.3. The van der Waals surface area contributed by atoms with Crippen molar-refractivity contribution in [3.63, 3.8) is 0 Å². The first kappa shape index (κ1) is 15.1. The van der Waals surface area contributed by atoms with Gasteiger partial charge in [0.25, 0.3) is 0 Å². The van der Waals surface area contributed by atoms with Gasteiger partial charge in [-0.05, 0) is 40.0 Å². The number of nitrogens with zero attached hydrogens (tertiary/aromatic N) is 1. The van der Waals surface area contributed by atoms with E-state index in [2.05, 4.69) is 0 Å². The smallest absolute Gasteiger partial charge is 0.410 e. The molecule has 2 fully saturated rings. The number of hydrogen-bond acceptors (Lipinski definition) is 4. The summed E-state index contributed by atoms with van der Waals surface area (Å²) in [5, 5.41) is 9.02. The second-order valence-corrected chi connectivity index (χ2v) is 6.85. The van der Waals surface area contributed by atoms with E-state index >= 15 is 0 Å². The van der Waals surface area contributed by atoms with Crippen LogP contribution in [0.2, 0.25) is 0 Å². The van der Waals surface area contributed by atoms with Gasteiger partial charge in [0.2, 0.25) is 0 Å². The monoisotopic (exact) mass is 285 g/mol. The summed E-state index contributed by atoms with van der Waals surface area (Å²) in [6, 6.07) is 0. The fraction of sp³-hybridized carbons (Fsp3) is 0.857. The van der Waals surface area contributed by atoms with Gasteiger partial charge in [-0.25, -0.2) is 9.59 Å². The molecular formula is C14H23NO5. The first-order valence-corrected chi connectivity index (χ1v) is 7.03. The Hall–Kier alpha value is -1.30. The Morgan fingerprint density at radius 2 is 2.10 bits per heavy atom. The van der Waals surface area contributed by atoms with Crippen molar-refractivity contribution in [1.29, 1.82) is 0 Å². The average molecular weight is 285 g/mol. The quantitative estimate of drug-likeness (QED) is 0.796. The molecule has 20 heavy (non-hydrogen) atoms. The molecular weight excluding hydrogens is 262 g/mol. The van der Waals surface area contributed by atoms with Crippen LogP contribution in [0, 0.1) is 5.41 Å². The van der Waals surface area contributed by atoms with Crippen LogP contribution in [0.25, 0.3) is 0 Å². The maximum Gasteiger partial charge on any atom is 0.410 e. The molecule has 0 aromatic heterocycles. The molecule has 6 nitrogen and oxygen atoms in total. The lowest BCUT2D eigenvalue weighted by molar-refractivity contribution is -0.147. The fourth-order valence-electron chi connectivity index (χ4n) is 2.92. The van der Waals surface area contributed by atoms with Crippen molar-refractivity contribution in [2.45, 2.75) is 51.7 Å². The molecule has 6 heteroatoms. The third kappa shape index (κ3) is 3.42. The van der Waals surface area contributed by atoms with Gasteiger partial charge in [0.1, 0.15) is 5.60 Å². The Labute approximate surface area is 119 Å². The number of hydrogen-bond donors (Lipinski definition) is 1. The lowest BCUT2D eigenvalue weighted by Crippen LogP contribution is -2.48. The number of amides is 1. The number of carboxylic acids is 1. The maximum atomic E-state index is 12.1. The van der Waals surface area contributed by atoms with E-state index in [1.807, 2.05) is 20.8 Å². The molecule has 2 aliphatic heterocycles. The summed E-state index contributed by atoms with van der Waals surface area (Å²) in [4.78, 5) is 24.8. The molecule has 0 radical (unpaired) electrons.